The number of likely N-dealkylation sites (tertiary alicyclic amines) is 1. The number of sulfonamides is 1. The Balaban J connectivity index is 0.00000520. The molecule has 2 fully saturated rings. The van der Waals surface area contributed by atoms with E-state index in [0.29, 0.717) is 30.4 Å². The van der Waals surface area contributed by atoms with Crippen LogP contribution in [0.3, 0.4) is 0 Å². The Kier molecular flexibility index (Phi) is 12.9. The summed E-state index contributed by atoms with van der Waals surface area (Å²) in [5, 5.41) is 9.55. The summed E-state index contributed by atoms with van der Waals surface area (Å²) >= 11 is 1.48. The third-order valence-corrected chi connectivity index (χ3v) is 11.5. The lowest BCUT2D eigenvalue weighted by atomic mass is 9.86. The number of nitrogens with one attached hydrogen (secondary N) is 4. The average molecular weight is 717 g/mol. The number of carbonyl (C=O) groups excluding carboxylic acids is 2. The van der Waals surface area contributed by atoms with E-state index >= 15 is 0 Å². The van der Waals surface area contributed by atoms with E-state index in [1.165, 1.54) is 17.4 Å². The molecule has 2 heterocycles. The number of alkyl carbamates (subject to hydrolysis) is 1. The molecular formula is C34H48N6O5S3. The first kappa shape index (κ1) is 37.6. The molecule has 0 spiro atoms. The Morgan fingerprint density at radius 2 is 1.77 bits per heavy atom. The van der Waals surface area contributed by atoms with E-state index in [4.69, 9.17) is 9.72 Å². The number of aromatic nitrogens is 1. The Morgan fingerprint density at radius 1 is 1.04 bits per heavy atom. The molecule has 3 amide bonds. The highest BCUT2D eigenvalue weighted by Crippen LogP contribution is 2.40. The van der Waals surface area contributed by atoms with E-state index in [9.17, 15) is 18.0 Å². The number of urea groups is 1. The van der Waals surface area contributed by atoms with Crippen LogP contribution in [-0.2, 0) is 21.3 Å². The lowest BCUT2D eigenvalue weighted by Gasteiger charge is -2.28. The van der Waals surface area contributed by atoms with Crippen LogP contribution in [0.25, 0.3) is 10.4 Å². The van der Waals surface area contributed by atoms with Crippen molar-refractivity contribution in [3.8, 4) is 10.4 Å². The number of ether oxygens (including phenoxy) is 1. The molecule has 0 bridgehead atoms. The first-order valence-electron chi connectivity index (χ1n) is 16.2. The van der Waals surface area contributed by atoms with Crippen LogP contribution >= 0.6 is 24.8 Å². The molecule has 0 radical (unpaired) electrons. The SMILES string of the molecule is CN1CCC[C@H]1COC(=O)NC1CCC(c2ncc(-c3ccc(NC(=O)NCc4ccccc4)cc3S(=O)(=O)NC(C)(C)C)s2)CC1.S. The van der Waals surface area contributed by atoms with Gasteiger partial charge >= 0.3 is 12.1 Å². The number of nitrogens with zero attached hydrogens (tertiary/aromatic N) is 2. The van der Waals surface area contributed by atoms with Crippen molar-refractivity contribution in [2.24, 2.45) is 0 Å². The molecule has 1 saturated carbocycles. The second kappa shape index (κ2) is 16.5. The topological polar surface area (TPSA) is 142 Å². The van der Waals surface area contributed by atoms with Crippen molar-refractivity contribution in [3.63, 3.8) is 0 Å². The molecule has 5 rings (SSSR count). The standard InChI is InChI=1S/C34H46N6O5S2.H2S/c1-34(2,3)39-47(43,44)30-19-26(37-32(41)36-20-23-9-6-5-7-10-23)16-17-28(30)29-21-35-31(46-29)24-12-14-25(15-13-24)38-33(42)45-22-27-11-8-18-40(27)4;/h5-7,9-10,16-17,19,21,24-25,27,39H,8,11-15,18,20,22H2,1-4H3,(H,38,42)(H2,36,37,41);1H2/t24?,25?,27-;/m0./s1. The summed E-state index contributed by atoms with van der Waals surface area (Å²) < 4.78 is 35.6. The number of carbonyl (C=O) groups is 2. The Bertz CT molecular complexity index is 1640. The van der Waals surface area contributed by atoms with E-state index in [-0.39, 0.29) is 36.4 Å². The van der Waals surface area contributed by atoms with Crippen LogP contribution in [0.2, 0.25) is 0 Å². The molecule has 14 heteroatoms. The summed E-state index contributed by atoms with van der Waals surface area (Å²) in [5.41, 5.74) is 1.12. The summed E-state index contributed by atoms with van der Waals surface area (Å²) in [7, 11) is -1.89. The van der Waals surface area contributed by atoms with E-state index < -0.39 is 21.6 Å². The maximum Gasteiger partial charge on any atom is 0.407 e. The van der Waals surface area contributed by atoms with Gasteiger partial charge in [-0.25, -0.2) is 27.7 Å². The van der Waals surface area contributed by atoms with Crippen molar-refractivity contribution < 1.29 is 22.7 Å². The number of likely N-dealkylation sites (N-methyl/N-ethyl adjacent to an activating group) is 1. The number of hydrogen-bond acceptors (Lipinski definition) is 8. The molecule has 1 aliphatic heterocycles. The zero-order chi connectivity index (χ0) is 33.6. The first-order chi connectivity index (χ1) is 22.4. The number of anilines is 1. The number of hydrogen-bond donors (Lipinski definition) is 4. The fourth-order valence-corrected chi connectivity index (χ4v) is 8.95. The smallest absolute Gasteiger partial charge is 0.407 e. The molecule has 11 nitrogen and oxygen atoms in total. The molecule has 1 aromatic heterocycles. The minimum absolute atomic E-state index is 0. The number of benzene rings is 2. The van der Waals surface area contributed by atoms with Crippen molar-refractivity contribution in [3.05, 3.63) is 65.3 Å². The molecule has 2 aromatic carbocycles. The Hall–Kier alpha value is -3.17. The first-order valence-corrected chi connectivity index (χ1v) is 18.5. The predicted octanol–water partition coefficient (Wildman–Crippen LogP) is 6.17. The maximum absolute atomic E-state index is 13.7. The van der Waals surface area contributed by atoms with Gasteiger partial charge in [-0.2, -0.15) is 13.5 Å². The van der Waals surface area contributed by atoms with Gasteiger partial charge in [-0.1, -0.05) is 36.4 Å². The van der Waals surface area contributed by atoms with Gasteiger partial charge < -0.3 is 25.6 Å². The molecular weight excluding hydrogens is 669 g/mol. The zero-order valence-electron chi connectivity index (χ0n) is 28.0. The molecule has 0 unspecified atom stereocenters. The minimum atomic E-state index is -3.96. The third kappa shape index (κ3) is 10.4. The van der Waals surface area contributed by atoms with E-state index in [2.05, 4.69) is 32.6 Å². The second-order valence-electron chi connectivity index (χ2n) is 13.5. The summed E-state index contributed by atoms with van der Waals surface area (Å²) in [5.74, 6) is 0.219. The van der Waals surface area contributed by atoms with Crippen LogP contribution in [0.4, 0.5) is 15.3 Å². The number of amides is 3. The van der Waals surface area contributed by atoms with Gasteiger partial charge in [0.2, 0.25) is 10.0 Å². The van der Waals surface area contributed by atoms with Gasteiger partial charge in [-0.3, -0.25) is 0 Å². The van der Waals surface area contributed by atoms with Crippen LogP contribution in [0, 0.1) is 0 Å². The van der Waals surface area contributed by atoms with Crippen molar-refractivity contribution >= 4 is 52.7 Å². The molecule has 1 aliphatic carbocycles. The molecule has 4 N–H and O–H groups in total. The number of rotatable bonds is 10. The van der Waals surface area contributed by atoms with Crippen LogP contribution < -0.4 is 20.7 Å². The zero-order valence-corrected chi connectivity index (χ0v) is 30.7. The Morgan fingerprint density at radius 3 is 2.44 bits per heavy atom. The molecule has 48 heavy (non-hydrogen) atoms. The highest BCUT2D eigenvalue weighted by molar-refractivity contribution is 7.89. The van der Waals surface area contributed by atoms with Gasteiger partial charge in [0.1, 0.15) is 6.61 Å². The molecule has 2 aliphatic rings. The van der Waals surface area contributed by atoms with Crippen molar-refractivity contribution in [1.29, 1.82) is 0 Å². The van der Waals surface area contributed by atoms with E-state index in [0.717, 1.165) is 60.5 Å². The molecule has 3 aromatic rings. The van der Waals surface area contributed by atoms with Crippen molar-refractivity contribution in [1.82, 2.24) is 25.2 Å². The van der Waals surface area contributed by atoms with Gasteiger partial charge in [0.25, 0.3) is 0 Å². The average Bonchev–Trinajstić information content (AvgIpc) is 3.68. The lowest BCUT2D eigenvalue weighted by molar-refractivity contribution is 0.110. The highest BCUT2D eigenvalue weighted by atomic mass is 32.2. The van der Waals surface area contributed by atoms with E-state index in [1.54, 1.807) is 39.1 Å². The quantitative estimate of drug-likeness (QED) is 0.197. The van der Waals surface area contributed by atoms with Gasteiger partial charge in [-0.15, -0.1) is 11.3 Å². The van der Waals surface area contributed by atoms with Crippen LogP contribution in [0.15, 0.2) is 59.6 Å². The predicted molar refractivity (Wildman–Crippen MR) is 195 cm³/mol. The third-order valence-electron chi connectivity index (χ3n) is 8.53. The maximum atomic E-state index is 13.7. The summed E-state index contributed by atoms with van der Waals surface area (Å²) in [6.07, 6.45) is 6.93. The summed E-state index contributed by atoms with van der Waals surface area (Å²) in [6, 6.07) is 14.4. The highest BCUT2D eigenvalue weighted by Gasteiger charge is 2.29. The lowest BCUT2D eigenvalue weighted by Crippen LogP contribution is -2.40. The Labute approximate surface area is 295 Å². The summed E-state index contributed by atoms with van der Waals surface area (Å²) in [6.45, 7) is 7.15. The van der Waals surface area contributed by atoms with Gasteiger partial charge in [0, 0.05) is 47.5 Å². The van der Waals surface area contributed by atoms with Gasteiger partial charge in [0.15, 0.2) is 0 Å². The van der Waals surface area contributed by atoms with E-state index in [1.807, 2.05) is 30.3 Å². The fourth-order valence-electron chi connectivity index (χ4n) is 6.09. The number of thiazole rings is 1. The van der Waals surface area contributed by atoms with Crippen molar-refractivity contribution in [2.75, 3.05) is 25.5 Å². The molecule has 1 saturated heterocycles. The van der Waals surface area contributed by atoms with Crippen molar-refractivity contribution in [2.45, 2.75) is 94.3 Å². The molecule has 262 valence electrons. The fraction of sp³-hybridized carbons (Fsp3) is 0.500. The van der Waals surface area contributed by atoms with Gasteiger partial charge in [0.05, 0.1) is 14.8 Å². The summed E-state index contributed by atoms with van der Waals surface area (Å²) in [4.78, 5) is 32.8. The van der Waals surface area contributed by atoms with Crippen LogP contribution in [0.5, 0.6) is 0 Å². The van der Waals surface area contributed by atoms with Crippen LogP contribution in [0.1, 0.15) is 75.8 Å². The second-order valence-corrected chi connectivity index (χ2v) is 16.2. The largest absolute Gasteiger partial charge is 0.448 e. The normalized spacial score (nSPS) is 20.0. The minimum Gasteiger partial charge on any atom is -0.448 e. The van der Waals surface area contributed by atoms with Crippen LogP contribution in [-0.4, -0.2) is 68.2 Å². The van der Waals surface area contributed by atoms with Gasteiger partial charge in [-0.05, 0) is 90.6 Å². The monoisotopic (exact) mass is 716 g/mol. The molecule has 1 atom stereocenters.